The van der Waals surface area contributed by atoms with E-state index in [1.54, 1.807) is 6.07 Å². The molecule has 0 saturated carbocycles. The van der Waals surface area contributed by atoms with Crippen LogP contribution in [0.2, 0.25) is 0 Å². The Kier molecular flexibility index (Phi) is 3.43. The largest absolute Gasteiger partial charge is 0.459 e. The number of carbonyl (C=O) groups excluding carboxylic acids is 2. The van der Waals surface area contributed by atoms with Gasteiger partial charge in [-0.3, -0.25) is 9.59 Å². The van der Waals surface area contributed by atoms with E-state index in [0.717, 1.165) is 0 Å². The Hall–Kier alpha value is -1.82. The highest BCUT2D eigenvalue weighted by atomic mass is 16.3. The standard InChI is InChI=1S/C11H14N2O4/c14-8-3-4-13(7-8)10(15)6-12-11(16)9-2-1-5-17-9/h1-2,5,8,14H,3-4,6-7H2,(H,12,16)/t8-/m1/s1. The molecule has 0 radical (unpaired) electrons. The molecule has 1 aliphatic rings. The van der Waals surface area contributed by atoms with Crippen molar-refractivity contribution in [1.82, 2.24) is 10.2 Å². The Labute approximate surface area is 98.2 Å². The molecule has 1 atom stereocenters. The zero-order valence-electron chi connectivity index (χ0n) is 9.26. The second-order valence-electron chi connectivity index (χ2n) is 3.94. The van der Waals surface area contributed by atoms with Crippen LogP contribution in [0.4, 0.5) is 0 Å². The molecule has 6 nitrogen and oxygen atoms in total. The van der Waals surface area contributed by atoms with Gasteiger partial charge in [-0.2, -0.15) is 0 Å². The summed E-state index contributed by atoms with van der Waals surface area (Å²) in [6.07, 6.45) is 1.55. The van der Waals surface area contributed by atoms with Gasteiger partial charge in [0.05, 0.1) is 18.9 Å². The molecule has 2 N–H and O–H groups in total. The summed E-state index contributed by atoms with van der Waals surface area (Å²) in [5.74, 6) is -0.427. The van der Waals surface area contributed by atoms with Crippen molar-refractivity contribution in [2.45, 2.75) is 12.5 Å². The summed E-state index contributed by atoms with van der Waals surface area (Å²) in [4.78, 5) is 24.6. The first-order valence-corrected chi connectivity index (χ1v) is 5.44. The molecule has 1 saturated heterocycles. The molecule has 1 aliphatic heterocycles. The minimum Gasteiger partial charge on any atom is -0.459 e. The minimum atomic E-state index is -0.445. The van der Waals surface area contributed by atoms with Crippen molar-refractivity contribution in [1.29, 1.82) is 0 Å². The highest BCUT2D eigenvalue weighted by molar-refractivity contribution is 5.94. The van der Waals surface area contributed by atoms with Gasteiger partial charge in [-0.15, -0.1) is 0 Å². The van der Waals surface area contributed by atoms with Gasteiger partial charge in [-0.1, -0.05) is 0 Å². The van der Waals surface area contributed by atoms with Gasteiger partial charge in [0, 0.05) is 13.1 Å². The maximum absolute atomic E-state index is 11.6. The molecule has 0 spiro atoms. The molecular weight excluding hydrogens is 224 g/mol. The van der Waals surface area contributed by atoms with Crippen molar-refractivity contribution < 1.29 is 19.1 Å². The van der Waals surface area contributed by atoms with E-state index in [2.05, 4.69) is 5.32 Å². The molecule has 92 valence electrons. The zero-order valence-corrected chi connectivity index (χ0v) is 9.26. The Bertz CT molecular complexity index is 402. The van der Waals surface area contributed by atoms with Crippen LogP contribution in [-0.2, 0) is 4.79 Å². The van der Waals surface area contributed by atoms with Crippen LogP contribution in [0, 0.1) is 0 Å². The van der Waals surface area contributed by atoms with Gasteiger partial charge >= 0.3 is 0 Å². The van der Waals surface area contributed by atoms with E-state index in [0.29, 0.717) is 19.5 Å². The van der Waals surface area contributed by atoms with Gasteiger partial charge in [0.2, 0.25) is 5.91 Å². The van der Waals surface area contributed by atoms with E-state index < -0.39 is 12.0 Å². The lowest BCUT2D eigenvalue weighted by molar-refractivity contribution is -0.129. The summed E-state index contributed by atoms with van der Waals surface area (Å²) < 4.78 is 4.89. The van der Waals surface area contributed by atoms with Crippen LogP contribution >= 0.6 is 0 Å². The lowest BCUT2D eigenvalue weighted by Crippen LogP contribution is -2.39. The molecule has 2 amide bonds. The number of hydrogen-bond acceptors (Lipinski definition) is 4. The maximum Gasteiger partial charge on any atom is 0.287 e. The third-order valence-corrected chi connectivity index (χ3v) is 2.66. The average molecular weight is 238 g/mol. The molecule has 2 rings (SSSR count). The van der Waals surface area contributed by atoms with Crippen LogP contribution in [0.3, 0.4) is 0 Å². The molecule has 1 aromatic heterocycles. The summed E-state index contributed by atoms with van der Waals surface area (Å²) in [6, 6.07) is 3.13. The third-order valence-electron chi connectivity index (χ3n) is 2.66. The number of furan rings is 1. The van der Waals surface area contributed by atoms with Crippen LogP contribution < -0.4 is 5.32 Å². The number of aliphatic hydroxyl groups is 1. The minimum absolute atomic E-state index is 0.0771. The van der Waals surface area contributed by atoms with Crippen molar-refractivity contribution in [3.8, 4) is 0 Å². The van der Waals surface area contributed by atoms with Gasteiger partial charge in [0.15, 0.2) is 5.76 Å². The van der Waals surface area contributed by atoms with E-state index in [9.17, 15) is 14.7 Å². The third kappa shape index (κ3) is 2.85. The number of nitrogens with zero attached hydrogens (tertiary/aromatic N) is 1. The van der Waals surface area contributed by atoms with Crippen molar-refractivity contribution in [3.05, 3.63) is 24.2 Å². The predicted molar refractivity (Wildman–Crippen MR) is 58.2 cm³/mol. The molecule has 2 heterocycles. The van der Waals surface area contributed by atoms with Gasteiger partial charge in [-0.25, -0.2) is 0 Å². The quantitative estimate of drug-likeness (QED) is 0.750. The fourth-order valence-corrected chi connectivity index (χ4v) is 1.73. The van der Waals surface area contributed by atoms with E-state index in [4.69, 9.17) is 4.42 Å². The van der Waals surface area contributed by atoms with E-state index in [1.807, 2.05) is 0 Å². The Morgan fingerprint density at radius 2 is 2.41 bits per heavy atom. The molecule has 0 bridgehead atoms. The number of β-amino-alcohol motifs (C(OH)–C–C–N with tert-alkyl or cyclic N) is 1. The summed E-state index contributed by atoms with van der Waals surface area (Å²) in [7, 11) is 0. The topological polar surface area (TPSA) is 82.8 Å². The van der Waals surface area contributed by atoms with Gasteiger partial charge < -0.3 is 19.7 Å². The number of hydrogen-bond donors (Lipinski definition) is 2. The average Bonchev–Trinajstić information content (AvgIpc) is 2.95. The molecule has 1 fully saturated rings. The first-order chi connectivity index (χ1) is 8.16. The molecule has 1 aromatic rings. The fourth-order valence-electron chi connectivity index (χ4n) is 1.73. The Balaban J connectivity index is 1.78. The van der Waals surface area contributed by atoms with Crippen LogP contribution in [0.5, 0.6) is 0 Å². The summed E-state index contributed by atoms with van der Waals surface area (Å²) in [5, 5.41) is 11.8. The number of likely N-dealkylation sites (tertiary alicyclic amines) is 1. The smallest absolute Gasteiger partial charge is 0.287 e. The number of nitrogens with one attached hydrogen (secondary N) is 1. The van der Waals surface area contributed by atoms with Crippen LogP contribution in [0.1, 0.15) is 17.0 Å². The normalized spacial score (nSPS) is 19.4. The van der Waals surface area contributed by atoms with Crippen molar-refractivity contribution in [2.24, 2.45) is 0 Å². The van der Waals surface area contributed by atoms with Gasteiger partial charge in [-0.05, 0) is 18.6 Å². The molecule has 6 heteroatoms. The molecule has 0 unspecified atom stereocenters. The second-order valence-corrected chi connectivity index (χ2v) is 3.94. The summed E-state index contributed by atoms with van der Waals surface area (Å²) >= 11 is 0. The van der Waals surface area contributed by atoms with Gasteiger partial charge in [0.1, 0.15) is 0 Å². The van der Waals surface area contributed by atoms with Crippen molar-refractivity contribution in [3.63, 3.8) is 0 Å². The Morgan fingerprint density at radius 3 is 3.00 bits per heavy atom. The highest BCUT2D eigenvalue weighted by Crippen LogP contribution is 2.08. The zero-order chi connectivity index (χ0) is 12.3. The highest BCUT2D eigenvalue weighted by Gasteiger charge is 2.24. The fraction of sp³-hybridized carbons (Fsp3) is 0.455. The number of carbonyl (C=O) groups is 2. The Morgan fingerprint density at radius 1 is 1.59 bits per heavy atom. The van der Waals surface area contributed by atoms with Gasteiger partial charge in [0.25, 0.3) is 5.91 Å². The monoisotopic (exact) mass is 238 g/mol. The maximum atomic E-state index is 11.6. The second kappa shape index (κ2) is 5.01. The van der Waals surface area contributed by atoms with Crippen LogP contribution in [-0.4, -0.2) is 47.6 Å². The number of amides is 2. The van der Waals surface area contributed by atoms with E-state index in [-0.39, 0.29) is 18.2 Å². The summed E-state index contributed by atoms with van der Waals surface area (Å²) in [6.45, 7) is 0.804. The van der Waals surface area contributed by atoms with E-state index in [1.165, 1.54) is 17.2 Å². The predicted octanol–water partition coefficient (Wildman–Crippen LogP) is -0.397. The lowest BCUT2D eigenvalue weighted by Gasteiger charge is -2.15. The van der Waals surface area contributed by atoms with Crippen molar-refractivity contribution >= 4 is 11.8 Å². The first-order valence-electron chi connectivity index (χ1n) is 5.44. The number of aliphatic hydroxyl groups excluding tert-OH is 1. The number of rotatable bonds is 3. The molecule has 17 heavy (non-hydrogen) atoms. The SMILES string of the molecule is O=C(NCC(=O)N1CC[C@@H](O)C1)c1ccco1. The van der Waals surface area contributed by atoms with Crippen molar-refractivity contribution in [2.75, 3.05) is 19.6 Å². The first kappa shape index (κ1) is 11.7. The lowest BCUT2D eigenvalue weighted by atomic mass is 10.3. The summed E-state index contributed by atoms with van der Waals surface area (Å²) in [5.41, 5.74) is 0. The van der Waals surface area contributed by atoms with Crippen LogP contribution in [0.25, 0.3) is 0 Å². The molecular formula is C11H14N2O4. The van der Waals surface area contributed by atoms with E-state index >= 15 is 0 Å². The molecule has 0 aromatic carbocycles. The molecule has 0 aliphatic carbocycles. The van der Waals surface area contributed by atoms with Crippen LogP contribution in [0.15, 0.2) is 22.8 Å².